The topological polar surface area (TPSA) is 32.3 Å². The molecule has 2 nitrogen and oxygen atoms in total. The minimum Gasteiger partial charge on any atom is -0.511 e. The number of likely N-dealkylation sites (N-methyl/N-ethyl adjacent to an activating group) is 1. The van der Waals surface area contributed by atoms with Crippen LogP contribution in [0.4, 0.5) is 0 Å². The molecule has 0 saturated heterocycles. The van der Waals surface area contributed by atoms with Crippen LogP contribution < -0.4 is 5.32 Å². The molecule has 0 radical (unpaired) electrons. The minimum absolute atomic E-state index is 0.0324. The van der Waals surface area contributed by atoms with Gasteiger partial charge in [-0.15, -0.1) is 0 Å². The van der Waals surface area contributed by atoms with Crippen molar-refractivity contribution in [1.29, 1.82) is 0 Å². The summed E-state index contributed by atoms with van der Waals surface area (Å²) < 4.78 is 0. The molecule has 2 N–H and O–H groups in total. The SMILES string of the molecule is C=C(O)[C@@H](NC)C(C)C. The van der Waals surface area contributed by atoms with E-state index in [1.807, 2.05) is 20.9 Å². The Morgan fingerprint density at radius 3 is 2.00 bits per heavy atom. The normalized spacial score (nSPS) is 13.8. The molecule has 0 aromatic rings. The second-order valence-electron chi connectivity index (χ2n) is 2.50. The Balaban J connectivity index is 3.83. The average molecular weight is 129 g/mol. The molecular weight excluding hydrogens is 114 g/mol. The fourth-order valence-corrected chi connectivity index (χ4v) is 0.885. The van der Waals surface area contributed by atoms with Crippen LogP contribution in [0.1, 0.15) is 13.8 Å². The van der Waals surface area contributed by atoms with Gasteiger partial charge in [-0.05, 0) is 13.0 Å². The molecule has 0 unspecified atom stereocenters. The highest BCUT2D eigenvalue weighted by Gasteiger charge is 2.12. The Kier molecular flexibility index (Phi) is 3.32. The van der Waals surface area contributed by atoms with Crippen molar-refractivity contribution in [3.63, 3.8) is 0 Å². The first kappa shape index (κ1) is 8.50. The number of nitrogens with one attached hydrogen (secondary N) is 1. The van der Waals surface area contributed by atoms with Crippen LogP contribution in [-0.4, -0.2) is 18.2 Å². The fourth-order valence-electron chi connectivity index (χ4n) is 0.885. The van der Waals surface area contributed by atoms with Gasteiger partial charge in [0.15, 0.2) is 0 Å². The first-order chi connectivity index (χ1) is 4.09. The van der Waals surface area contributed by atoms with E-state index in [0.29, 0.717) is 5.92 Å². The summed E-state index contributed by atoms with van der Waals surface area (Å²) in [6, 6.07) is 0.0324. The van der Waals surface area contributed by atoms with Gasteiger partial charge in [-0.3, -0.25) is 0 Å². The minimum atomic E-state index is 0.0324. The van der Waals surface area contributed by atoms with Crippen LogP contribution in [0.3, 0.4) is 0 Å². The van der Waals surface area contributed by atoms with E-state index in [1.54, 1.807) is 0 Å². The maximum absolute atomic E-state index is 8.93. The smallest absolute Gasteiger partial charge is 0.102 e. The van der Waals surface area contributed by atoms with Crippen LogP contribution in [0.5, 0.6) is 0 Å². The second-order valence-corrected chi connectivity index (χ2v) is 2.50. The summed E-state index contributed by atoms with van der Waals surface area (Å²) in [6.45, 7) is 7.50. The van der Waals surface area contributed by atoms with Crippen molar-refractivity contribution in [2.45, 2.75) is 19.9 Å². The first-order valence-electron chi connectivity index (χ1n) is 3.14. The van der Waals surface area contributed by atoms with Crippen molar-refractivity contribution in [1.82, 2.24) is 5.32 Å². The molecule has 0 amide bonds. The standard InChI is InChI=1S/C7H15NO/c1-5(2)7(8-4)6(3)9/h5,7-9H,3H2,1-2,4H3/t7-/m0/s1. The van der Waals surface area contributed by atoms with E-state index >= 15 is 0 Å². The molecule has 0 aromatic carbocycles. The third-order valence-electron chi connectivity index (χ3n) is 1.34. The predicted octanol–water partition coefficient (Wildman–Crippen LogP) is 1.30. The van der Waals surface area contributed by atoms with Gasteiger partial charge in [0.25, 0.3) is 0 Å². The quantitative estimate of drug-likeness (QED) is 0.563. The summed E-state index contributed by atoms with van der Waals surface area (Å²) in [7, 11) is 1.81. The van der Waals surface area contributed by atoms with Gasteiger partial charge in [-0.2, -0.15) is 0 Å². The van der Waals surface area contributed by atoms with Crippen molar-refractivity contribution in [3.8, 4) is 0 Å². The van der Waals surface area contributed by atoms with E-state index in [0.717, 1.165) is 0 Å². The van der Waals surface area contributed by atoms with Gasteiger partial charge >= 0.3 is 0 Å². The van der Waals surface area contributed by atoms with E-state index in [2.05, 4.69) is 11.9 Å². The van der Waals surface area contributed by atoms with Gasteiger partial charge in [0.2, 0.25) is 0 Å². The Morgan fingerprint density at radius 2 is 2.00 bits per heavy atom. The average Bonchev–Trinajstić information content (AvgIpc) is 1.64. The van der Waals surface area contributed by atoms with E-state index in [9.17, 15) is 0 Å². The van der Waals surface area contributed by atoms with Crippen LogP contribution in [0.2, 0.25) is 0 Å². The molecular formula is C7H15NO. The number of hydrogen-bond acceptors (Lipinski definition) is 2. The summed E-state index contributed by atoms with van der Waals surface area (Å²) in [5, 5.41) is 11.9. The zero-order chi connectivity index (χ0) is 7.44. The zero-order valence-electron chi connectivity index (χ0n) is 6.31. The highest BCUT2D eigenvalue weighted by atomic mass is 16.3. The van der Waals surface area contributed by atoms with Gasteiger partial charge in [0, 0.05) is 0 Å². The Morgan fingerprint density at radius 1 is 1.56 bits per heavy atom. The van der Waals surface area contributed by atoms with Crippen LogP contribution in [0, 0.1) is 5.92 Å². The predicted molar refractivity (Wildman–Crippen MR) is 39.5 cm³/mol. The van der Waals surface area contributed by atoms with Crippen molar-refractivity contribution < 1.29 is 5.11 Å². The molecule has 9 heavy (non-hydrogen) atoms. The highest BCUT2D eigenvalue weighted by molar-refractivity contribution is 4.95. The van der Waals surface area contributed by atoms with Crippen molar-refractivity contribution >= 4 is 0 Å². The van der Waals surface area contributed by atoms with Crippen molar-refractivity contribution in [2.24, 2.45) is 5.92 Å². The number of hydrogen-bond donors (Lipinski definition) is 2. The lowest BCUT2D eigenvalue weighted by Gasteiger charge is -2.17. The lowest BCUT2D eigenvalue weighted by atomic mass is 10.0. The molecule has 0 aliphatic carbocycles. The first-order valence-corrected chi connectivity index (χ1v) is 3.14. The van der Waals surface area contributed by atoms with Crippen LogP contribution in [-0.2, 0) is 0 Å². The molecule has 0 heterocycles. The molecule has 0 aliphatic heterocycles. The molecule has 0 rings (SSSR count). The van der Waals surface area contributed by atoms with Gasteiger partial charge < -0.3 is 10.4 Å². The molecule has 2 heteroatoms. The van der Waals surface area contributed by atoms with Gasteiger partial charge in [-0.1, -0.05) is 20.4 Å². The zero-order valence-corrected chi connectivity index (χ0v) is 6.31. The number of rotatable bonds is 3. The van der Waals surface area contributed by atoms with E-state index in [4.69, 9.17) is 5.11 Å². The van der Waals surface area contributed by atoms with Gasteiger partial charge in [0.05, 0.1) is 6.04 Å². The molecule has 1 atom stereocenters. The lowest BCUT2D eigenvalue weighted by Crippen LogP contribution is -2.31. The molecule has 0 spiro atoms. The van der Waals surface area contributed by atoms with Crippen LogP contribution >= 0.6 is 0 Å². The third kappa shape index (κ3) is 2.51. The largest absolute Gasteiger partial charge is 0.511 e. The third-order valence-corrected chi connectivity index (χ3v) is 1.34. The molecule has 54 valence electrons. The molecule has 0 fully saturated rings. The molecule has 0 bridgehead atoms. The van der Waals surface area contributed by atoms with Crippen molar-refractivity contribution in [3.05, 3.63) is 12.3 Å². The Bertz CT molecular complexity index is 99.1. The summed E-state index contributed by atoms with van der Waals surface area (Å²) in [6.07, 6.45) is 0. The number of aliphatic hydroxyl groups is 1. The van der Waals surface area contributed by atoms with E-state index < -0.39 is 0 Å². The second kappa shape index (κ2) is 3.51. The van der Waals surface area contributed by atoms with Crippen molar-refractivity contribution in [2.75, 3.05) is 7.05 Å². The molecule has 0 aliphatic rings. The fraction of sp³-hybridized carbons (Fsp3) is 0.714. The van der Waals surface area contributed by atoms with E-state index in [-0.39, 0.29) is 11.8 Å². The maximum Gasteiger partial charge on any atom is 0.102 e. The van der Waals surface area contributed by atoms with E-state index in [1.165, 1.54) is 0 Å². The molecule has 0 aromatic heterocycles. The lowest BCUT2D eigenvalue weighted by molar-refractivity contribution is 0.311. The summed E-state index contributed by atoms with van der Waals surface area (Å²) >= 11 is 0. The Hall–Kier alpha value is -0.500. The van der Waals surface area contributed by atoms with Crippen LogP contribution in [0.25, 0.3) is 0 Å². The summed E-state index contributed by atoms with van der Waals surface area (Å²) in [5.41, 5.74) is 0. The maximum atomic E-state index is 8.93. The van der Waals surface area contributed by atoms with Gasteiger partial charge in [0.1, 0.15) is 5.76 Å². The highest BCUT2D eigenvalue weighted by Crippen LogP contribution is 2.06. The molecule has 0 saturated carbocycles. The van der Waals surface area contributed by atoms with Gasteiger partial charge in [-0.25, -0.2) is 0 Å². The monoisotopic (exact) mass is 129 g/mol. The number of aliphatic hydroxyl groups excluding tert-OH is 1. The summed E-state index contributed by atoms with van der Waals surface area (Å²) in [5.74, 6) is 0.611. The van der Waals surface area contributed by atoms with Crippen LogP contribution in [0.15, 0.2) is 12.3 Å². The Labute approximate surface area is 56.6 Å². The summed E-state index contributed by atoms with van der Waals surface area (Å²) in [4.78, 5) is 0.